The molecule has 12 heteroatoms. The van der Waals surface area contributed by atoms with Crippen LogP contribution in [0.15, 0.2) is 78.9 Å². The van der Waals surface area contributed by atoms with Crippen LogP contribution >= 0.6 is 0 Å². The molecular weight excluding hydrogens is 639 g/mol. The molecule has 2 amide bonds. The fraction of sp³-hybridized carbons (Fsp3) is 0.459. The maximum Gasteiger partial charge on any atom is 0.471 e. The number of hydrogen-bond acceptors (Lipinski definition) is 7. The zero-order chi connectivity index (χ0) is 35.3. The SMILES string of the molecule is CC1C(CN(C)C(C)C(O)c2ccccc2)OC(c2ccc(CNC(=O)C3CCCN3C(=O)C(F)(F)F)cc2)OC1c1ccc(CO)cc1. The number of likely N-dealkylation sites (tertiary alicyclic amines) is 1. The van der Waals surface area contributed by atoms with Crippen LogP contribution in [0.3, 0.4) is 0 Å². The van der Waals surface area contributed by atoms with E-state index in [0.29, 0.717) is 23.4 Å². The third-order valence-electron chi connectivity index (χ3n) is 9.66. The van der Waals surface area contributed by atoms with Crippen molar-refractivity contribution in [3.8, 4) is 0 Å². The van der Waals surface area contributed by atoms with Crippen molar-refractivity contribution in [2.24, 2.45) is 5.92 Å². The Morgan fingerprint density at radius 1 is 0.980 bits per heavy atom. The van der Waals surface area contributed by atoms with E-state index < -0.39 is 36.4 Å². The van der Waals surface area contributed by atoms with Crippen molar-refractivity contribution in [1.29, 1.82) is 0 Å². The van der Waals surface area contributed by atoms with E-state index in [1.807, 2.05) is 80.7 Å². The Hall–Kier alpha value is -3.81. The summed E-state index contributed by atoms with van der Waals surface area (Å²) in [7, 11) is 1.95. The molecule has 2 heterocycles. The van der Waals surface area contributed by atoms with Crippen molar-refractivity contribution in [3.05, 3.63) is 107 Å². The Balaban J connectivity index is 1.28. The van der Waals surface area contributed by atoms with Gasteiger partial charge in [0.15, 0.2) is 6.29 Å². The molecule has 2 saturated heterocycles. The number of ether oxygens (including phenoxy) is 2. The van der Waals surface area contributed by atoms with E-state index in [2.05, 4.69) is 17.1 Å². The number of carbonyl (C=O) groups excluding carboxylic acids is 2. The number of hydrogen-bond donors (Lipinski definition) is 3. The van der Waals surface area contributed by atoms with Crippen LogP contribution in [0, 0.1) is 5.92 Å². The number of aliphatic hydroxyl groups excluding tert-OH is 2. The van der Waals surface area contributed by atoms with Crippen LogP contribution < -0.4 is 5.32 Å². The summed E-state index contributed by atoms with van der Waals surface area (Å²) >= 11 is 0. The molecule has 0 saturated carbocycles. The number of nitrogens with one attached hydrogen (secondary N) is 1. The highest BCUT2D eigenvalue weighted by atomic mass is 19.4. The minimum Gasteiger partial charge on any atom is -0.392 e. The van der Waals surface area contributed by atoms with Gasteiger partial charge >= 0.3 is 12.1 Å². The standard InChI is InChI=1S/C37H44F3N3O6/c1-23-31(21-42(3)24(2)32(45)27-8-5-4-6-9-27)48-35(49-33(23)28-15-13-26(22-44)14-16-28)29-17-11-25(12-18-29)20-41-34(46)30-10-7-19-43(30)36(47)37(38,39)40/h4-6,8-9,11-18,23-24,30-33,35,44-45H,7,10,19-22H2,1-3H3,(H,41,46). The molecule has 264 valence electrons. The summed E-state index contributed by atoms with van der Waals surface area (Å²) in [6, 6.07) is 23.0. The Morgan fingerprint density at radius 3 is 2.24 bits per heavy atom. The minimum atomic E-state index is -5.03. The molecule has 0 bridgehead atoms. The summed E-state index contributed by atoms with van der Waals surface area (Å²) in [6.45, 7) is 4.44. The number of benzene rings is 3. The summed E-state index contributed by atoms with van der Waals surface area (Å²) in [4.78, 5) is 27.2. The molecule has 0 aromatic heterocycles. The summed E-state index contributed by atoms with van der Waals surface area (Å²) in [6.07, 6.45) is -6.60. The van der Waals surface area contributed by atoms with E-state index in [0.717, 1.165) is 22.3 Å². The van der Waals surface area contributed by atoms with Crippen molar-refractivity contribution < 1.29 is 42.4 Å². The normalized spacial score (nSPS) is 24.1. The van der Waals surface area contributed by atoms with E-state index in [9.17, 15) is 33.0 Å². The average molecular weight is 684 g/mol. The molecule has 49 heavy (non-hydrogen) atoms. The van der Waals surface area contributed by atoms with Crippen molar-refractivity contribution in [1.82, 2.24) is 15.1 Å². The Kier molecular flexibility index (Phi) is 11.8. The molecule has 3 N–H and O–H groups in total. The number of carbonyl (C=O) groups is 2. The highest BCUT2D eigenvalue weighted by Gasteiger charge is 2.47. The molecule has 0 aliphatic carbocycles. The van der Waals surface area contributed by atoms with Gasteiger partial charge in [-0.2, -0.15) is 13.2 Å². The summed E-state index contributed by atoms with van der Waals surface area (Å²) < 4.78 is 52.1. The third kappa shape index (κ3) is 8.68. The number of amides is 2. The first-order valence-corrected chi connectivity index (χ1v) is 16.6. The first kappa shape index (κ1) is 36.5. The van der Waals surface area contributed by atoms with Crippen LogP contribution in [0.1, 0.15) is 73.0 Å². The van der Waals surface area contributed by atoms with E-state index in [4.69, 9.17) is 9.47 Å². The fourth-order valence-electron chi connectivity index (χ4n) is 6.49. The van der Waals surface area contributed by atoms with Crippen molar-refractivity contribution >= 4 is 11.8 Å². The lowest BCUT2D eigenvalue weighted by atomic mass is 9.89. The fourth-order valence-corrected chi connectivity index (χ4v) is 6.49. The van der Waals surface area contributed by atoms with Crippen molar-refractivity contribution in [3.63, 3.8) is 0 Å². The quantitative estimate of drug-likeness (QED) is 0.255. The smallest absolute Gasteiger partial charge is 0.392 e. The molecule has 7 unspecified atom stereocenters. The van der Waals surface area contributed by atoms with E-state index >= 15 is 0 Å². The maximum atomic E-state index is 13.0. The predicted octanol–water partition coefficient (Wildman–Crippen LogP) is 5.19. The lowest BCUT2D eigenvalue weighted by Crippen LogP contribution is -2.50. The lowest BCUT2D eigenvalue weighted by Gasteiger charge is -2.43. The van der Waals surface area contributed by atoms with Crippen molar-refractivity contribution in [2.75, 3.05) is 20.1 Å². The highest BCUT2D eigenvalue weighted by molar-refractivity contribution is 5.90. The van der Waals surface area contributed by atoms with Gasteiger partial charge in [0.05, 0.1) is 24.9 Å². The third-order valence-corrected chi connectivity index (χ3v) is 9.66. The van der Waals surface area contributed by atoms with Gasteiger partial charge in [-0.3, -0.25) is 14.5 Å². The average Bonchev–Trinajstić information content (AvgIpc) is 3.61. The molecule has 2 aliphatic rings. The first-order chi connectivity index (χ1) is 23.4. The molecule has 2 aliphatic heterocycles. The van der Waals surface area contributed by atoms with Gasteiger partial charge in [0.2, 0.25) is 5.91 Å². The highest BCUT2D eigenvalue weighted by Crippen LogP contribution is 2.42. The Bertz CT molecular complexity index is 1540. The van der Waals surface area contributed by atoms with Crippen molar-refractivity contribution in [2.45, 2.75) is 82.7 Å². The van der Waals surface area contributed by atoms with Gasteiger partial charge in [-0.05, 0) is 49.1 Å². The second-order valence-electron chi connectivity index (χ2n) is 13.0. The summed E-state index contributed by atoms with van der Waals surface area (Å²) in [5.74, 6) is -2.69. The van der Waals surface area contributed by atoms with Crippen LogP contribution in [-0.4, -0.2) is 76.3 Å². The van der Waals surface area contributed by atoms with Crippen LogP contribution in [0.2, 0.25) is 0 Å². The number of alkyl halides is 3. The first-order valence-electron chi connectivity index (χ1n) is 16.6. The molecule has 0 radical (unpaired) electrons. The van der Waals surface area contributed by atoms with Crippen LogP contribution in [-0.2, 0) is 32.2 Å². The summed E-state index contributed by atoms with van der Waals surface area (Å²) in [5.41, 5.74) is 4.00. The van der Waals surface area contributed by atoms with Gasteiger partial charge in [-0.1, -0.05) is 85.8 Å². The Morgan fingerprint density at radius 2 is 1.61 bits per heavy atom. The molecule has 9 nitrogen and oxygen atoms in total. The second-order valence-corrected chi connectivity index (χ2v) is 13.0. The number of halogens is 3. The number of rotatable bonds is 11. The van der Waals surface area contributed by atoms with E-state index in [1.54, 1.807) is 12.1 Å². The second kappa shape index (κ2) is 15.8. The summed E-state index contributed by atoms with van der Waals surface area (Å²) in [5, 5.41) is 23.3. The van der Waals surface area contributed by atoms with Gasteiger partial charge in [0.25, 0.3) is 0 Å². The molecule has 5 rings (SSSR count). The number of likely N-dealkylation sites (N-methyl/N-ethyl adjacent to an activating group) is 1. The zero-order valence-electron chi connectivity index (χ0n) is 27.8. The van der Waals surface area contributed by atoms with Gasteiger partial charge in [0, 0.05) is 37.2 Å². The number of aliphatic hydroxyl groups is 2. The lowest BCUT2D eigenvalue weighted by molar-refractivity contribution is -0.276. The molecule has 0 spiro atoms. The molecule has 3 aromatic rings. The zero-order valence-corrected chi connectivity index (χ0v) is 27.8. The Labute approximate surface area is 284 Å². The maximum absolute atomic E-state index is 13.0. The number of nitrogens with zero attached hydrogens (tertiary/aromatic N) is 2. The van der Waals surface area contributed by atoms with E-state index in [1.165, 1.54) is 0 Å². The molecule has 7 atom stereocenters. The predicted molar refractivity (Wildman–Crippen MR) is 176 cm³/mol. The van der Waals surface area contributed by atoms with Gasteiger partial charge in [-0.25, -0.2) is 0 Å². The topological polar surface area (TPSA) is 112 Å². The van der Waals surface area contributed by atoms with Gasteiger partial charge < -0.3 is 29.9 Å². The molecule has 3 aromatic carbocycles. The van der Waals surface area contributed by atoms with Crippen LogP contribution in [0.25, 0.3) is 0 Å². The van der Waals surface area contributed by atoms with Gasteiger partial charge in [-0.15, -0.1) is 0 Å². The van der Waals surface area contributed by atoms with Crippen LogP contribution in [0.5, 0.6) is 0 Å². The van der Waals surface area contributed by atoms with E-state index in [-0.39, 0.29) is 50.3 Å². The van der Waals surface area contributed by atoms with Gasteiger partial charge in [0.1, 0.15) is 6.04 Å². The minimum absolute atomic E-state index is 0.0699. The largest absolute Gasteiger partial charge is 0.471 e. The molecule has 2 fully saturated rings. The monoisotopic (exact) mass is 683 g/mol. The van der Waals surface area contributed by atoms with Crippen LogP contribution in [0.4, 0.5) is 13.2 Å². The molecular formula is C37H44F3N3O6.